The highest BCUT2D eigenvalue weighted by Crippen LogP contribution is 2.20. The van der Waals surface area contributed by atoms with E-state index in [2.05, 4.69) is 15.7 Å². The predicted molar refractivity (Wildman–Crippen MR) is 95.4 cm³/mol. The van der Waals surface area contributed by atoms with E-state index >= 15 is 0 Å². The Kier molecular flexibility index (Phi) is 5.53. The second kappa shape index (κ2) is 8.00. The molecular weight excluding hydrogens is 320 g/mol. The van der Waals surface area contributed by atoms with Gasteiger partial charge >= 0.3 is 12.0 Å². The zero-order valence-corrected chi connectivity index (χ0v) is 14.5. The Bertz CT molecular complexity index is 750. The number of nitrogens with zero attached hydrogens (tertiary/aromatic N) is 2. The predicted octanol–water partition coefficient (Wildman–Crippen LogP) is 3.05. The second-order valence-electron chi connectivity index (χ2n) is 6.31. The number of urea groups is 1. The molecule has 0 aliphatic heterocycles. The number of anilines is 1. The normalized spacial score (nSPS) is 15.1. The fourth-order valence-corrected chi connectivity index (χ4v) is 3.20. The van der Waals surface area contributed by atoms with Crippen molar-refractivity contribution >= 4 is 28.6 Å². The van der Waals surface area contributed by atoms with E-state index in [-0.39, 0.29) is 24.6 Å². The molecule has 7 heteroatoms. The van der Waals surface area contributed by atoms with E-state index in [0.717, 1.165) is 23.7 Å². The number of benzene rings is 1. The number of amides is 2. The topological polar surface area (TPSA) is 85.2 Å². The van der Waals surface area contributed by atoms with Crippen LogP contribution < -0.4 is 10.6 Å². The Hall–Kier alpha value is -2.57. The number of nitrogens with one attached hydrogen (secondary N) is 2. The minimum absolute atomic E-state index is 0.0507. The van der Waals surface area contributed by atoms with Crippen molar-refractivity contribution in [1.29, 1.82) is 0 Å². The van der Waals surface area contributed by atoms with Gasteiger partial charge in [-0.3, -0.25) is 9.48 Å². The van der Waals surface area contributed by atoms with Gasteiger partial charge in [-0.2, -0.15) is 5.10 Å². The number of carbonyl (C=O) groups excluding carboxylic acids is 2. The Morgan fingerprint density at radius 2 is 2.08 bits per heavy atom. The van der Waals surface area contributed by atoms with Gasteiger partial charge in [0, 0.05) is 17.1 Å². The third-order valence-electron chi connectivity index (χ3n) is 4.43. The summed E-state index contributed by atoms with van der Waals surface area (Å²) in [6.45, 7) is 2.16. The van der Waals surface area contributed by atoms with E-state index in [1.165, 1.54) is 19.3 Å². The molecule has 0 spiro atoms. The molecule has 1 aromatic carbocycles. The molecule has 2 amide bonds. The highest BCUT2D eigenvalue weighted by molar-refractivity contribution is 5.92. The van der Waals surface area contributed by atoms with Crippen LogP contribution in [0.5, 0.6) is 0 Å². The lowest BCUT2D eigenvalue weighted by atomic mass is 9.96. The lowest BCUT2D eigenvalue weighted by Crippen LogP contribution is -2.39. The number of aromatic nitrogens is 2. The lowest BCUT2D eigenvalue weighted by Gasteiger charge is -2.22. The van der Waals surface area contributed by atoms with E-state index in [1.54, 1.807) is 17.8 Å². The fraction of sp³-hybridized carbons (Fsp3) is 0.500. The number of esters is 1. The van der Waals surface area contributed by atoms with Gasteiger partial charge in [-0.1, -0.05) is 19.3 Å². The van der Waals surface area contributed by atoms with Gasteiger partial charge in [0.1, 0.15) is 6.54 Å². The lowest BCUT2D eigenvalue weighted by molar-refractivity contribution is -0.143. The number of rotatable bonds is 5. The van der Waals surface area contributed by atoms with Crippen LogP contribution in [-0.2, 0) is 16.1 Å². The summed E-state index contributed by atoms with van der Waals surface area (Å²) >= 11 is 0. The summed E-state index contributed by atoms with van der Waals surface area (Å²) in [6, 6.07) is 5.59. The number of ether oxygens (including phenoxy) is 1. The van der Waals surface area contributed by atoms with Gasteiger partial charge in [-0.25, -0.2) is 4.79 Å². The molecule has 1 aliphatic carbocycles. The van der Waals surface area contributed by atoms with E-state index in [9.17, 15) is 9.59 Å². The Morgan fingerprint density at radius 3 is 2.84 bits per heavy atom. The van der Waals surface area contributed by atoms with Crippen molar-refractivity contribution in [3.8, 4) is 0 Å². The average Bonchev–Trinajstić information content (AvgIpc) is 2.98. The van der Waals surface area contributed by atoms with Crippen LogP contribution in [0, 0.1) is 0 Å². The van der Waals surface area contributed by atoms with E-state index in [4.69, 9.17) is 4.74 Å². The number of fused-ring (bicyclic) bond motifs is 1. The van der Waals surface area contributed by atoms with Crippen molar-refractivity contribution in [3.05, 3.63) is 24.4 Å². The molecule has 1 aliphatic rings. The third-order valence-corrected chi connectivity index (χ3v) is 4.43. The summed E-state index contributed by atoms with van der Waals surface area (Å²) < 4.78 is 6.54. The summed E-state index contributed by atoms with van der Waals surface area (Å²) in [5, 5.41) is 11.0. The van der Waals surface area contributed by atoms with Crippen molar-refractivity contribution in [3.63, 3.8) is 0 Å². The summed E-state index contributed by atoms with van der Waals surface area (Å²) in [5.74, 6) is -0.332. The largest absolute Gasteiger partial charge is 0.465 e. The zero-order chi connectivity index (χ0) is 17.6. The first-order valence-corrected chi connectivity index (χ1v) is 8.84. The first-order chi connectivity index (χ1) is 12.2. The molecule has 0 atom stereocenters. The smallest absolute Gasteiger partial charge is 0.327 e. The Labute approximate surface area is 146 Å². The van der Waals surface area contributed by atoms with E-state index in [1.807, 2.05) is 18.2 Å². The van der Waals surface area contributed by atoms with Crippen LogP contribution in [0.15, 0.2) is 24.4 Å². The standard InChI is InChI=1S/C18H24N4O3/c1-2-25-17(23)12-22-16-10-15(9-8-13(16)11-19-22)21-18(24)20-14-6-4-3-5-7-14/h8-11,14H,2-7,12H2,1H3,(H2,20,21,24). The molecule has 2 N–H and O–H groups in total. The van der Waals surface area contributed by atoms with Crippen molar-refractivity contribution in [2.75, 3.05) is 11.9 Å². The average molecular weight is 344 g/mol. The number of hydrogen-bond donors (Lipinski definition) is 2. The van der Waals surface area contributed by atoms with Gasteiger partial charge in [0.05, 0.1) is 18.3 Å². The van der Waals surface area contributed by atoms with Gasteiger partial charge in [0.15, 0.2) is 0 Å². The summed E-state index contributed by atoms with van der Waals surface area (Å²) in [4.78, 5) is 23.9. The van der Waals surface area contributed by atoms with Crippen molar-refractivity contribution < 1.29 is 14.3 Å². The Morgan fingerprint density at radius 1 is 1.28 bits per heavy atom. The van der Waals surface area contributed by atoms with Crippen LogP contribution in [0.4, 0.5) is 10.5 Å². The van der Waals surface area contributed by atoms with Crippen LogP contribution in [0.1, 0.15) is 39.0 Å². The molecule has 134 valence electrons. The summed E-state index contributed by atoms with van der Waals surface area (Å²) in [7, 11) is 0. The summed E-state index contributed by atoms with van der Waals surface area (Å²) in [6.07, 6.45) is 7.37. The Balaban J connectivity index is 1.67. The molecule has 2 aromatic rings. The molecule has 1 fully saturated rings. The molecule has 0 radical (unpaired) electrons. The van der Waals surface area contributed by atoms with Crippen LogP contribution in [0.3, 0.4) is 0 Å². The van der Waals surface area contributed by atoms with Crippen LogP contribution in [0.25, 0.3) is 10.9 Å². The first-order valence-electron chi connectivity index (χ1n) is 8.84. The molecular formula is C18H24N4O3. The highest BCUT2D eigenvalue weighted by Gasteiger charge is 2.16. The van der Waals surface area contributed by atoms with Gasteiger partial charge < -0.3 is 15.4 Å². The van der Waals surface area contributed by atoms with Gasteiger partial charge in [0.25, 0.3) is 0 Å². The maximum absolute atomic E-state index is 12.2. The number of carbonyl (C=O) groups is 2. The SMILES string of the molecule is CCOC(=O)Cn1ncc2ccc(NC(=O)NC3CCCCC3)cc21. The van der Waals surface area contributed by atoms with Gasteiger partial charge in [-0.15, -0.1) is 0 Å². The molecule has 1 heterocycles. The quantitative estimate of drug-likeness (QED) is 0.816. The van der Waals surface area contributed by atoms with E-state index in [0.29, 0.717) is 12.3 Å². The molecule has 1 saturated carbocycles. The molecule has 0 unspecified atom stereocenters. The molecule has 7 nitrogen and oxygen atoms in total. The van der Waals surface area contributed by atoms with Crippen LogP contribution in [0.2, 0.25) is 0 Å². The zero-order valence-electron chi connectivity index (χ0n) is 14.5. The van der Waals surface area contributed by atoms with Crippen molar-refractivity contribution in [1.82, 2.24) is 15.1 Å². The summed E-state index contributed by atoms with van der Waals surface area (Å²) in [5.41, 5.74) is 1.45. The number of hydrogen-bond acceptors (Lipinski definition) is 4. The fourth-order valence-electron chi connectivity index (χ4n) is 3.20. The molecule has 0 saturated heterocycles. The first kappa shape index (κ1) is 17.3. The molecule has 1 aromatic heterocycles. The second-order valence-corrected chi connectivity index (χ2v) is 6.31. The molecule has 25 heavy (non-hydrogen) atoms. The van der Waals surface area contributed by atoms with E-state index < -0.39 is 0 Å². The molecule has 0 bridgehead atoms. The van der Waals surface area contributed by atoms with Crippen LogP contribution in [-0.4, -0.2) is 34.4 Å². The van der Waals surface area contributed by atoms with Crippen molar-refractivity contribution in [2.24, 2.45) is 0 Å². The van der Waals surface area contributed by atoms with Gasteiger partial charge in [-0.05, 0) is 38.0 Å². The van der Waals surface area contributed by atoms with Crippen molar-refractivity contribution in [2.45, 2.75) is 51.6 Å². The monoisotopic (exact) mass is 344 g/mol. The minimum Gasteiger partial charge on any atom is -0.465 e. The minimum atomic E-state index is -0.332. The maximum atomic E-state index is 12.2. The maximum Gasteiger partial charge on any atom is 0.327 e. The highest BCUT2D eigenvalue weighted by atomic mass is 16.5. The third kappa shape index (κ3) is 4.49. The van der Waals surface area contributed by atoms with Crippen LogP contribution >= 0.6 is 0 Å². The molecule has 3 rings (SSSR count). The van der Waals surface area contributed by atoms with Gasteiger partial charge in [0.2, 0.25) is 0 Å².